The number of aromatic nitrogens is 2. The maximum Gasteiger partial charge on any atom is 0.225 e. The molecule has 1 fully saturated rings. The normalized spacial score (nSPS) is 16.9. The van der Waals surface area contributed by atoms with E-state index in [1.54, 1.807) is 19.4 Å². The molecule has 16 heavy (non-hydrogen) atoms. The Hall–Kier alpha value is -1.36. The highest BCUT2D eigenvalue weighted by molar-refractivity contribution is 5.28. The molecule has 1 aromatic heterocycles. The molecule has 1 saturated carbocycles. The van der Waals surface area contributed by atoms with Crippen molar-refractivity contribution in [1.82, 2.24) is 9.97 Å². The molecule has 0 unspecified atom stereocenters. The second-order valence-corrected chi connectivity index (χ2v) is 4.25. The van der Waals surface area contributed by atoms with E-state index in [0.717, 1.165) is 13.0 Å². The predicted octanol–water partition coefficient (Wildman–Crippen LogP) is 1.06. The van der Waals surface area contributed by atoms with Gasteiger partial charge >= 0.3 is 0 Å². The summed E-state index contributed by atoms with van der Waals surface area (Å²) in [4.78, 5) is 8.29. The highest BCUT2D eigenvalue weighted by atomic mass is 16.5. The number of nitrogens with zero attached hydrogens (tertiary/aromatic N) is 2. The van der Waals surface area contributed by atoms with Gasteiger partial charge in [-0.3, -0.25) is 0 Å². The first-order valence-electron chi connectivity index (χ1n) is 5.50. The maximum atomic E-state index is 8.94. The average Bonchev–Trinajstić information content (AvgIpc) is 3.08. The number of methoxy groups -OCH3 is 1. The summed E-state index contributed by atoms with van der Waals surface area (Å²) >= 11 is 0. The monoisotopic (exact) mass is 223 g/mol. The zero-order valence-corrected chi connectivity index (χ0v) is 9.44. The van der Waals surface area contributed by atoms with Crippen LogP contribution in [0.5, 0.6) is 5.88 Å². The van der Waals surface area contributed by atoms with Crippen LogP contribution in [-0.2, 0) is 0 Å². The molecule has 0 saturated heterocycles. The third-order valence-corrected chi connectivity index (χ3v) is 3.06. The van der Waals surface area contributed by atoms with Crippen molar-refractivity contribution in [2.45, 2.75) is 19.3 Å². The molecule has 0 aromatic carbocycles. The Balaban J connectivity index is 1.89. The van der Waals surface area contributed by atoms with E-state index in [-0.39, 0.29) is 12.0 Å². The highest BCUT2D eigenvalue weighted by Gasteiger charge is 2.41. The Morgan fingerprint density at radius 2 is 2.38 bits per heavy atom. The lowest BCUT2D eigenvalue weighted by atomic mass is 10.0. The molecule has 0 aliphatic heterocycles. The number of aliphatic hydroxyl groups excluding tert-OH is 1. The Morgan fingerprint density at radius 1 is 1.56 bits per heavy atom. The summed E-state index contributed by atoms with van der Waals surface area (Å²) in [5.41, 5.74) is 0.265. The largest absolute Gasteiger partial charge is 0.481 e. The van der Waals surface area contributed by atoms with Crippen LogP contribution in [0.1, 0.15) is 19.3 Å². The topological polar surface area (TPSA) is 67.3 Å². The van der Waals surface area contributed by atoms with Crippen molar-refractivity contribution >= 4 is 5.95 Å². The highest BCUT2D eigenvalue weighted by Crippen LogP contribution is 2.48. The zero-order valence-electron chi connectivity index (χ0n) is 9.44. The van der Waals surface area contributed by atoms with Crippen molar-refractivity contribution in [3.05, 3.63) is 12.3 Å². The fourth-order valence-electron chi connectivity index (χ4n) is 1.74. The molecule has 88 valence electrons. The molecule has 1 aromatic rings. The summed E-state index contributed by atoms with van der Waals surface area (Å²) in [7, 11) is 1.58. The standard InChI is InChI=1S/C11H17N3O2/c1-16-9-2-6-12-10(14-9)13-8-11(3-4-11)5-7-15/h2,6,15H,3-5,7-8H2,1H3,(H,12,13,14). The molecule has 0 radical (unpaired) electrons. The lowest BCUT2D eigenvalue weighted by Gasteiger charge is -2.14. The van der Waals surface area contributed by atoms with Gasteiger partial charge in [-0.05, 0) is 24.7 Å². The molecule has 0 bridgehead atoms. The van der Waals surface area contributed by atoms with Crippen LogP contribution in [-0.4, -0.2) is 35.3 Å². The Labute approximate surface area is 94.9 Å². The molecule has 2 rings (SSSR count). The molecule has 0 atom stereocenters. The van der Waals surface area contributed by atoms with Crippen LogP contribution in [0.25, 0.3) is 0 Å². The third-order valence-electron chi connectivity index (χ3n) is 3.06. The molecule has 1 heterocycles. The van der Waals surface area contributed by atoms with Gasteiger partial charge in [-0.2, -0.15) is 4.98 Å². The van der Waals surface area contributed by atoms with Gasteiger partial charge in [0, 0.05) is 25.4 Å². The summed E-state index contributed by atoms with van der Waals surface area (Å²) in [6, 6.07) is 1.71. The van der Waals surface area contributed by atoms with Crippen LogP contribution >= 0.6 is 0 Å². The minimum atomic E-state index is 0.251. The van der Waals surface area contributed by atoms with Crippen LogP contribution in [0.3, 0.4) is 0 Å². The molecular formula is C11H17N3O2. The van der Waals surface area contributed by atoms with Crippen molar-refractivity contribution in [3.8, 4) is 5.88 Å². The first-order valence-corrected chi connectivity index (χ1v) is 5.50. The van der Waals surface area contributed by atoms with Crippen LogP contribution in [0.4, 0.5) is 5.95 Å². The van der Waals surface area contributed by atoms with Gasteiger partial charge in [0.25, 0.3) is 0 Å². The van der Waals surface area contributed by atoms with Crippen LogP contribution in [0.15, 0.2) is 12.3 Å². The molecule has 5 heteroatoms. The number of aliphatic hydroxyl groups is 1. The fraction of sp³-hybridized carbons (Fsp3) is 0.636. The molecular weight excluding hydrogens is 206 g/mol. The quantitative estimate of drug-likeness (QED) is 0.754. The van der Waals surface area contributed by atoms with Crippen molar-refractivity contribution < 1.29 is 9.84 Å². The number of anilines is 1. The lowest BCUT2D eigenvalue weighted by molar-refractivity contribution is 0.253. The van der Waals surface area contributed by atoms with Gasteiger partial charge in [-0.15, -0.1) is 0 Å². The summed E-state index contributed by atoms with van der Waals surface area (Å²) in [5, 5.41) is 12.1. The van der Waals surface area contributed by atoms with E-state index in [1.807, 2.05) is 0 Å². The van der Waals surface area contributed by atoms with Crippen molar-refractivity contribution in [2.24, 2.45) is 5.41 Å². The van der Waals surface area contributed by atoms with Crippen molar-refractivity contribution in [2.75, 3.05) is 25.6 Å². The smallest absolute Gasteiger partial charge is 0.225 e. The predicted molar refractivity (Wildman–Crippen MR) is 60.4 cm³/mol. The van der Waals surface area contributed by atoms with Crippen LogP contribution in [0, 0.1) is 5.41 Å². The average molecular weight is 223 g/mol. The molecule has 0 amide bonds. The number of rotatable bonds is 6. The molecule has 5 nitrogen and oxygen atoms in total. The van der Waals surface area contributed by atoms with E-state index < -0.39 is 0 Å². The molecule has 1 aliphatic rings. The molecule has 2 N–H and O–H groups in total. The zero-order chi connectivity index (χ0) is 11.4. The van der Waals surface area contributed by atoms with Gasteiger partial charge < -0.3 is 15.2 Å². The fourth-order valence-corrected chi connectivity index (χ4v) is 1.74. The van der Waals surface area contributed by atoms with Crippen LogP contribution in [0.2, 0.25) is 0 Å². The lowest BCUT2D eigenvalue weighted by Crippen LogP contribution is -2.18. The van der Waals surface area contributed by atoms with Gasteiger partial charge in [0.05, 0.1) is 7.11 Å². The van der Waals surface area contributed by atoms with E-state index in [4.69, 9.17) is 9.84 Å². The molecule has 0 spiro atoms. The van der Waals surface area contributed by atoms with E-state index in [1.165, 1.54) is 12.8 Å². The number of nitrogens with one attached hydrogen (secondary N) is 1. The van der Waals surface area contributed by atoms with E-state index in [0.29, 0.717) is 11.8 Å². The van der Waals surface area contributed by atoms with Crippen molar-refractivity contribution in [3.63, 3.8) is 0 Å². The van der Waals surface area contributed by atoms with Crippen molar-refractivity contribution in [1.29, 1.82) is 0 Å². The van der Waals surface area contributed by atoms with E-state index in [2.05, 4.69) is 15.3 Å². The minimum Gasteiger partial charge on any atom is -0.481 e. The van der Waals surface area contributed by atoms with Crippen LogP contribution < -0.4 is 10.1 Å². The van der Waals surface area contributed by atoms with E-state index in [9.17, 15) is 0 Å². The summed E-state index contributed by atoms with van der Waals surface area (Å²) in [6.45, 7) is 1.07. The third kappa shape index (κ3) is 2.61. The van der Waals surface area contributed by atoms with E-state index >= 15 is 0 Å². The molecule has 1 aliphatic carbocycles. The van der Waals surface area contributed by atoms with Gasteiger partial charge in [-0.25, -0.2) is 4.98 Å². The number of hydrogen-bond acceptors (Lipinski definition) is 5. The summed E-state index contributed by atoms with van der Waals surface area (Å²) < 4.78 is 5.02. The van der Waals surface area contributed by atoms with Gasteiger partial charge in [0.2, 0.25) is 11.8 Å². The second-order valence-electron chi connectivity index (χ2n) is 4.25. The first-order chi connectivity index (χ1) is 7.78. The van der Waals surface area contributed by atoms with Gasteiger partial charge in [-0.1, -0.05) is 0 Å². The Kier molecular flexibility index (Phi) is 3.24. The number of ether oxygens (including phenoxy) is 1. The Morgan fingerprint density at radius 3 is 3.00 bits per heavy atom. The van der Waals surface area contributed by atoms with Gasteiger partial charge in [0.1, 0.15) is 0 Å². The number of hydrogen-bond donors (Lipinski definition) is 2. The maximum absolute atomic E-state index is 8.94. The summed E-state index contributed by atoms with van der Waals surface area (Å²) in [5.74, 6) is 1.15. The SMILES string of the molecule is COc1ccnc(NCC2(CCO)CC2)n1. The minimum absolute atomic E-state index is 0.251. The first kappa shape index (κ1) is 11.1. The second kappa shape index (κ2) is 4.65. The Bertz CT molecular complexity index is 353. The van der Waals surface area contributed by atoms with Gasteiger partial charge in [0.15, 0.2) is 0 Å². The summed E-state index contributed by atoms with van der Waals surface area (Å²) in [6.07, 6.45) is 4.86.